The van der Waals surface area contributed by atoms with E-state index in [-0.39, 0.29) is 6.42 Å². The van der Waals surface area contributed by atoms with Gasteiger partial charge in [-0.3, -0.25) is 14.4 Å². The van der Waals surface area contributed by atoms with E-state index in [1.807, 2.05) is 30.3 Å². The Kier molecular flexibility index (Phi) is 6.01. The van der Waals surface area contributed by atoms with Crippen LogP contribution in [0, 0.1) is 0 Å². The lowest BCUT2D eigenvalue weighted by molar-refractivity contribution is -0.138. The minimum absolute atomic E-state index is 0.336. The molecule has 0 radical (unpaired) electrons. The molecule has 30 heavy (non-hydrogen) atoms. The Bertz CT molecular complexity index is 1010. The molecule has 2 heterocycles. The number of carbonyl (C=O) groups excluding carboxylic acids is 3. The molecule has 3 amide bonds. The van der Waals surface area contributed by atoms with Gasteiger partial charge in [0, 0.05) is 36.4 Å². The number of likely N-dealkylation sites (N-methyl/N-ethyl adjacent to an activating group) is 1. The molecule has 1 aromatic heterocycles. The lowest BCUT2D eigenvalue weighted by Gasteiger charge is -2.27. The summed E-state index contributed by atoms with van der Waals surface area (Å²) >= 11 is 0. The van der Waals surface area contributed by atoms with Crippen LogP contribution in [0.3, 0.4) is 0 Å². The van der Waals surface area contributed by atoms with Crippen LogP contribution in [-0.4, -0.2) is 51.4 Å². The number of hydrogen-bond acceptors (Lipinski definition) is 4. The number of carboxylic acids is 1. The van der Waals surface area contributed by atoms with Crippen molar-refractivity contribution >= 4 is 23.7 Å². The zero-order chi connectivity index (χ0) is 21.8. The topological polar surface area (TPSA) is 121 Å². The molecular formula is C21H22N4O5. The Morgan fingerprint density at radius 1 is 1.13 bits per heavy atom. The summed E-state index contributed by atoms with van der Waals surface area (Å²) in [7, 11) is 1.49. The largest absolute Gasteiger partial charge is 0.481 e. The molecule has 156 valence electrons. The predicted molar refractivity (Wildman–Crippen MR) is 108 cm³/mol. The summed E-state index contributed by atoms with van der Waals surface area (Å²) in [6.07, 6.45) is 2.78. The number of rotatable bonds is 6. The van der Waals surface area contributed by atoms with Crippen LogP contribution in [0.15, 0.2) is 60.4 Å². The number of aliphatic carboxylic acids is 1. The van der Waals surface area contributed by atoms with Gasteiger partial charge in [-0.1, -0.05) is 18.2 Å². The van der Waals surface area contributed by atoms with Crippen LogP contribution in [0.4, 0.5) is 4.79 Å². The summed E-state index contributed by atoms with van der Waals surface area (Å²) in [5.74, 6) is -2.18. The van der Waals surface area contributed by atoms with Gasteiger partial charge in [-0.2, -0.15) is 0 Å². The molecule has 1 aliphatic heterocycles. The van der Waals surface area contributed by atoms with Crippen LogP contribution in [0.2, 0.25) is 0 Å². The molecular weight excluding hydrogens is 388 g/mol. The summed E-state index contributed by atoms with van der Waals surface area (Å²) in [6, 6.07) is 9.66. The third-order valence-corrected chi connectivity index (χ3v) is 4.76. The fourth-order valence-corrected chi connectivity index (χ4v) is 3.33. The Morgan fingerprint density at radius 2 is 1.83 bits per heavy atom. The molecule has 2 atom stereocenters. The number of Topliss-reactive ketones (excluding diaryl/α,β-unsaturated/α-hetero) is 1. The van der Waals surface area contributed by atoms with E-state index in [0.29, 0.717) is 11.3 Å². The monoisotopic (exact) mass is 410 g/mol. The fourth-order valence-electron chi connectivity index (χ4n) is 3.33. The number of carbonyl (C=O) groups is 4. The van der Waals surface area contributed by atoms with E-state index < -0.39 is 35.8 Å². The van der Waals surface area contributed by atoms with Crippen molar-refractivity contribution in [1.82, 2.24) is 20.1 Å². The molecule has 0 fully saturated rings. The van der Waals surface area contributed by atoms with Crippen molar-refractivity contribution < 1.29 is 24.3 Å². The van der Waals surface area contributed by atoms with Crippen molar-refractivity contribution in [2.75, 3.05) is 7.05 Å². The molecule has 1 unspecified atom stereocenters. The Hall–Kier alpha value is -3.88. The molecule has 0 saturated heterocycles. The zero-order valence-electron chi connectivity index (χ0n) is 16.5. The number of aromatic nitrogens is 1. The number of hydrogen-bond donors (Lipinski definition) is 3. The summed E-state index contributed by atoms with van der Waals surface area (Å²) in [5, 5.41) is 14.3. The van der Waals surface area contributed by atoms with Crippen molar-refractivity contribution in [1.29, 1.82) is 0 Å². The van der Waals surface area contributed by atoms with Gasteiger partial charge in [-0.05, 0) is 31.2 Å². The molecule has 0 spiro atoms. The highest BCUT2D eigenvalue weighted by Crippen LogP contribution is 2.22. The first-order valence-electron chi connectivity index (χ1n) is 9.28. The molecule has 0 bridgehead atoms. The summed E-state index contributed by atoms with van der Waals surface area (Å²) in [4.78, 5) is 49.8. The zero-order valence-corrected chi connectivity index (χ0v) is 16.5. The van der Waals surface area contributed by atoms with E-state index >= 15 is 0 Å². The van der Waals surface area contributed by atoms with Crippen LogP contribution in [0.25, 0.3) is 5.69 Å². The first kappa shape index (κ1) is 20.8. The maximum Gasteiger partial charge on any atom is 0.316 e. The Labute approximate surface area is 173 Å². The van der Waals surface area contributed by atoms with Gasteiger partial charge in [-0.25, -0.2) is 4.79 Å². The molecule has 9 nitrogen and oxygen atoms in total. The van der Waals surface area contributed by atoms with Gasteiger partial charge in [0.05, 0.1) is 12.5 Å². The van der Waals surface area contributed by atoms with Gasteiger partial charge in [0.15, 0.2) is 11.8 Å². The summed E-state index contributed by atoms with van der Waals surface area (Å²) in [5.41, 5.74) is 1.69. The van der Waals surface area contributed by atoms with Crippen LogP contribution in [0.1, 0.15) is 25.1 Å². The number of amides is 3. The van der Waals surface area contributed by atoms with E-state index in [1.54, 1.807) is 29.8 Å². The van der Waals surface area contributed by atoms with E-state index in [2.05, 4.69) is 10.6 Å². The van der Waals surface area contributed by atoms with Gasteiger partial charge < -0.3 is 25.2 Å². The van der Waals surface area contributed by atoms with Crippen molar-refractivity contribution in [3.63, 3.8) is 0 Å². The highest BCUT2D eigenvalue weighted by molar-refractivity contribution is 6.16. The highest BCUT2D eigenvalue weighted by atomic mass is 16.4. The maximum absolute atomic E-state index is 12.6. The number of nitrogens with one attached hydrogen (secondary N) is 2. The smallest absolute Gasteiger partial charge is 0.316 e. The molecule has 2 aromatic rings. The van der Waals surface area contributed by atoms with E-state index in [9.17, 15) is 24.3 Å². The lowest BCUT2D eigenvalue weighted by Crippen LogP contribution is -2.56. The number of carboxylic acid groups (broad SMARTS) is 1. The van der Waals surface area contributed by atoms with Crippen molar-refractivity contribution in [2.45, 2.75) is 25.4 Å². The van der Waals surface area contributed by atoms with Crippen molar-refractivity contribution in [2.24, 2.45) is 0 Å². The van der Waals surface area contributed by atoms with E-state index in [4.69, 9.17) is 0 Å². The minimum Gasteiger partial charge on any atom is -0.481 e. The standard InChI is InChI=1S/C21H22N4O5/c1-13-12-24(2)20(29)18(19(13)28)23-21(30)22-15(11-17(26)27)16-9-6-10-25(16)14-7-4-3-5-8-14/h3-10,12,15,18H,11H2,1-2H3,(H,26,27)(H2,22,23,30)/t15-,18?/m0/s1. The molecule has 1 aliphatic rings. The van der Waals surface area contributed by atoms with Crippen LogP contribution in [0.5, 0.6) is 0 Å². The first-order chi connectivity index (χ1) is 14.3. The minimum atomic E-state index is -1.36. The second-order valence-corrected chi connectivity index (χ2v) is 6.97. The average molecular weight is 410 g/mol. The summed E-state index contributed by atoms with van der Waals surface area (Å²) in [6.45, 7) is 1.55. The average Bonchev–Trinajstić information content (AvgIpc) is 3.19. The molecule has 0 aliphatic carbocycles. The normalized spacial score (nSPS) is 17.3. The number of urea groups is 1. The van der Waals surface area contributed by atoms with E-state index in [0.717, 1.165) is 5.69 Å². The Morgan fingerprint density at radius 3 is 2.50 bits per heavy atom. The van der Waals surface area contributed by atoms with Gasteiger partial charge in [0.1, 0.15) is 0 Å². The van der Waals surface area contributed by atoms with Crippen LogP contribution < -0.4 is 10.6 Å². The molecule has 1 aromatic carbocycles. The number of para-hydroxylation sites is 1. The molecule has 0 saturated carbocycles. The first-order valence-corrected chi connectivity index (χ1v) is 9.28. The van der Waals surface area contributed by atoms with Gasteiger partial charge in [-0.15, -0.1) is 0 Å². The number of ketones is 1. The second kappa shape index (κ2) is 8.64. The van der Waals surface area contributed by atoms with Crippen molar-refractivity contribution in [3.05, 3.63) is 66.1 Å². The molecule has 3 N–H and O–H groups in total. The fraction of sp³-hybridized carbons (Fsp3) is 0.238. The van der Waals surface area contributed by atoms with Gasteiger partial charge in [0.25, 0.3) is 5.91 Å². The van der Waals surface area contributed by atoms with E-state index in [1.165, 1.54) is 18.1 Å². The number of benzene rings is 1. The van der Waals surface area contributed by atoms with Crippen LogP contribution >= 0.6 is 0 Å². The third-order valence-electron chi connectivity index (χ3n) is 4.76. The number of nitrogens with zero attached hydrogens (tertiary/aromatic N) is 2. The van der Waals surface area contributed by atoms with Gasteiger partial charge in [0.2, 0.25) is 0 Å². The quantitative estimate of drug-likeness (QED) is 0.625. The van der Waals surface area contributed by atoms with Crippen LogP contribution in [-0.2, 0) is 14.4 Å². The molecule has 3 rings (SSSR count). The third kappa shape index (κ3) is 4.40. The predicted octanol–water partition coefficient (Wildman–Crippen LogP) is 1.61. The lowest BCUT2D eigenvalue weighted by atomic mass is 10.0. The van der Waals surface area contributed by atoms with Crippen molar-refractivity contribution in [3.8, 4) is 5.69 Å². The summed E-state index contributed by atoms with van der Waals surface area (Å²) < 4.78 is 1.77. The Balaban J connectivity index is 1.81. The SMILES string of the molecule is CC1=CN(C)C(=O)C(NC(=O)N[C@@H](CC(=O)O)c2cccn2-c2ccccc2)C1=O. The highest BCUT2D eigenvalue weighted by Gasteiger charge is 2.35. The molecule has 9 heteroatoms. The maximum atomic E-state index is 12.6. The van der Waals surface area contributed by atoms with Gasteiger partial charge >= 0.3 is 12.0 Å². The second-order valence-electron chi connectivity index (χ2n) is 6.97.